The van der Waals surface area contributed by atoms with Gasteiger partial charge in [0.2, 0.25) is 0 Å². The Bertz CT molecular complexity index is 1400. The summed E-state index contributed by atoms with van der Waals surface area (Å²) in [6, 6.07) is 22.2. The first-order valence-electron chi connectivity index (χ1n) is 11.0. The number of ether oxygens (including phenoxy) is 1. The van der Waals surface area contributed by atoms with Crippen molar-refractivity contribution >= 4 is 22.0 Å². The maximum absolute atomic E-state index is 13.6. The molecule has 3 aromatic rings. The average Bonchev–Trinajstić information content (AvgIpc) is 3.08. The lowest BCUT2D eigenvalue weighted by Crippen LogP contribution is -2.41. The van der Waals surface area contributed by atoms with Crippen LogP contribution in [0.25, 0.3) is 11.1 Å². The lowest BCUT2D eigenvalue weighted by molar-refractivity contribution is -0.129. The Labute approximate surface area is 204 Å². The lowest BCUT2D eigenvalue weighted by atomic mass is 9.81. The Hall–Kier alpha value is -3.69. The highest BCUT2D eigenvalue weighted by Crippen LogP contribution is 2.41. The molecule has 3 aromatic carbocycles. The van der Waals surface area contributed by atoms with E-state index in [0.717, 1.165) is 16.9 Å². The van der Waals surface area contributed by atoms with Crippen LogP contribution >= 0.6 is 0 Å². The number of carbonyl (C=O) groups excluding carboxylic acids is 1. The van der Waals surface area contributed by atoms with E-state index in [1.54, 1.807) is 38.4 Å². The maximum Gasteiger partial charge on any atom is 0.267 e. The number of methoxy groups -OCH3 is 1. The minimum absolute atomic E-state index is 0.103. The molecule has 0 radical (unpaired) electrons. The fourth-order valence-electron chi connectivity index (χ4n) is 4.23. The molecule has 8 nitrogen and oxygen atoms in total. The zero-order valence-electron chi connectivity index (χ0n) is 19.7. The molecule has 0 saturated heterocycles. The predicted molar refractivity (Wildman–Crippen MR) is 135 cm³/mol. The molecule has 0 fully saturated rings. The molecular weight excluding hydrogens is 466 g/mol. The molecule has 9 heteroatoms. The summed E-state index contributed by atoms with van der Waals surface area (Å²) < 4.78 is 37.5. The van der Waals surface area contributed by atoms with Crippen LogP contribution in [0.4, 0.5) is 0 Å². The van der Waals surface area contributed by atoms with Crippen LogP contribution in [0.15, 0.2) is 77.8 Å². The van der Waals surface area contributed by atoms with Gasteiger partial charge in [0.15, 0.2) is 11.5 Å². The lowest BCUT2D eigenvalue weighted by Gasteiger charge is -2.27. The van der Waals surface area contributed by atoms with E-state index in [1.165, 1.54) is 11.8 Å². The maximum atomic E-state index is 13.6. The molecule has 0 aromatic heterocycles. The van der Waals surface area contributed by atoms with Crippen LogP contribution in [-0.4, -0.2) is 49.1 Å². The summed E-state index contributed by atoms with van der Waals surface area (Å²) in [5.41, 5.74) is 8.46. The van der Waals surface area contributed by atoms with E-state index in [-0.39, 0.29) is 18.3 Å². The van der Waals surface area contributed by atoms with E-state index in [1.807, 2.05) is 48.5 Å². The number of aliphatic imine (C=N–C) groups is 1. The fourth-order valence-corrected chi connectivity index (χ4v) is 4.63. The van der Waals surface area contributed by atoms with E-state index < -0.39 is 20.9 Å². The SMILES string of the molecule is COc1cccc(-c2cccc(C3(c4ccc(CC(C)S(=O)(=O)O)cc4)N=C(N)N(C)C3=O)c2)c1. The molecule has 35 heavy (non-hydrogen) atoms. The molecule has 1 aliphatic rings. The largest absolute Gasteiger partial charge is 0.497 e. The predicted octanol–water partition coefficient (Wildman–Crippen LogP) is 3.21. The summed E-state index contributed by atoms with van der Waals surface area (Å²) in [5.74, 6) is 0.527. The normalized spacial score (nSPS) is 18.9. The number of rotatable bonds is 7. The van der Waals surface area contributed by atoms with Gasteiger partial charge in [-0.05, 0) is 59.4 Å². The van der Waals surface area contributed by atoms with Crippen LogP contribution in [0.2, 0.25) is 0 Å². The molecule has 2 unspecified atom stereocenters. The molecule has 0 bridgehead atoms. The van der Waals surface area contributed by atoms with E-state index in [9.17, 15) is 17.8 Å². The average molecular weight is 494 g/mol. The number of benzene rings is 3. The van der Waals surface area contributed by atoms with Crippen molar-refractivity contribution in [3.05, 3.63) is 89.5 Å². The van der Waals surface area contributed by atoms with Crippen molar-refractivity contribution in [2.75, 3.05) is 14.2 Å². The molecule has 1 amide bonds. The minimum atomic E-state index is -4.15. The molecule has 1 heterocycles. The van der Waals surface area contributed by atoms with E-state index >= 15 is 0 Å². The van der Waals surface area contributed by atoms with Gasteiger partial charge in [-0.25, -0.2) is 4.99 Å². The smallest absolute Gasteiger partial charge is 0.267 e. The van der Waals surface area contributed by atoms with Crippen molar-refractivity contribution < 1.29 is 22.5 Å². The monoisotopic (exact) mass is 493 g/mol. The summed E-state index contributed by atoms with van der Waals surface area (Å²) in [6.07, 6.45) is 0.136. The standard InChI is InChI=1S/C26H27N3O5S/c1-17(35(31,32)33)14-18-10-12-21(13-11-18)26(24(30)29(2)25(27)28-26)22-8-4-6-19(15-22)20-7-5-9-23(16-20)34-3/h4-13,15-17H,14H2,1-3H3,(H2,27,28)(H,31,32,33). The summed E-state index contributed by atoms with van der Waals surface area (Å²) >= 11 is 0. The quantitative estimate of drug-likeness (QED) is 0.488. The number of hydrogen-bond acceptors (Lipinski definition) is 6. The molecule has 4 rings (SSSR count). The van der Waals surface area contributed by atoms with Crippen LogP contribution in [0.1, 0.15) is 23.6 Å². The Kier molecular flexibility index (Phi) is 6.40. The zero-order chi connectivity index (χ0) is 25.4. The van der Waals surface area contributed by atoms with Gasteiger partial charge < -0.3 is 10.5 Å². The number of likely N-dealkylation sites (N-methyl/N-ethyl adjacent to an activating group) is 1. The first kappa shape index (κ1) is 24.4. The van der Waals surface area contributed by atoms with Gasteiger partial charge in [-0.2, -0.15) is 8.42 Å². The first-order chi connectivity index (χ1) is 16.6. The van der Waals surface area contributed by atoms with Crippen LogP contribution < -0.4 is 10.5 Å². The second-order valence-corrected chi connectivity index (χ2v) is 10.4. The number of amides is 1. The van der Waals surface area contributed by atoms with E-state index in [0.29, 0.717) is 16.7 Å². The van der Waals surface area contributed by atoms with Crippen molar-refractivity contribution in [1.29, 1.82) is 0 Å². The van der Waals surface area contributed by atoms with Crippen molar-refractivity contribution in [3.63, 3.8) is 0 Å². The first-order valence-corrected chi connectivity index (χ1v) is 12.5. The summed E-state index contributed by atoms with van der Waals surface area (Å²) in [6.45, 7) is 1.44. The van der Waals surface area contributed by atoms with Gasteiger partial charge in [0.1, 0.15) is 5.75 Å². The van der Waals surface area contributed by atoms with Gasteiger partial charge in [-0.1, -0.05) is 54.6 Å². The van der Waals surface area contributed by atoms with Crippen molar-refractivity contribution in [3.8, 4) is 16.9 Å². The highest BCUT2D eigenvalue weighted by atomic mass is 32.2. The van der Waals surface area contributed by atoms with Crippen molar-refractivity contribution in [2.45, 2.75) is 24.1 Å². The molecular formula is C26H27N3O5S. The highest BCUT2D eigenvalue weighted by Gasteiger charge is 2.49. The number of nitrogens with zero attached hydrogens (tertiary/aromatic N) is 2. The highest BCUT2D eigenvalue weighted by molar-refractivity contribution is 7.86. The third kappa shape index (κ3) is 4.52. The Morgan fingerprint density at radius 1 is 1.03 bits per heavy atom. The summed E-state index contributed by atoms with van der Waals surface area (Å²) in [4.78, 5) is 19.5. The second-order valence-electron chi connectivity index (χ2n) is 8.58. The van der Waals surface area contributed by atoms with Gasteiger partial charge in [-0.15, -0.1) is 0 Å². The van der Waals surface area contributed by atoms with Gasteiger partial charge >= 0.3 is 0 Å². The number of carbonyl (C=O) groups is 1. The molecule has 3 N–H and O–H groups in total. The van der Waals surface area contributed by atoms with Crippen LogP contribution in [0.3, 0.4) is 0 Å². The number of hydrogen-bond donors (Lipinski definition) is 2. The number of nitrogens with two attached hydrogens (primary N) is 1. The van der Waals surface area contributed by atoms with Gasteiger partial charge in [-0.3, -0.25) is 14.2 Å². The zero-order valence-corrected chi connectivity index (χ0v) is 20.5. The second kappa shape index (κ2) is 9.16. The van der Waals surface area contributed by atoms with Crippen LogP contribution in [-0.2, 0) is 26.9 Å². The summed E-state index contributed by atoms with van der Waals surface area (Å²) in [7, 11) is -0.963. The molecule has 1 aliphatic heterocycles. The van der Waals surface area contributed by atoms with Crippen LogP contribution in [0.5, 0.6) is 5.75 Å². The fraction of sp³-hybridized carbons (Fsp3) is 0.231. The minimum Gasteiger partial charge on any atom is -0.497 e. The summed E-state index contributed by atoms with van der Waals surface area (Å²) in [5, 5.41) is -0.949. The molecule has 2 atom stereocenters. The van der Waals surface area contributed by atoms with E-state index in [4.69, 9.17) is 10.5 Å². The Morgan fingerprint density at radius 3 is 2.23 bits per heavy atom. The van der Waals surface area contributed by atoms with E-state index in [2.05, 4.69) is 4.99 Å². The Morgan fingerprint density at radius 2 is 1.66 bits per heavy atom. The van der Waals surface area contributed by atoms with Gasteiger partial charge in [0.25, 0.3) is 16.0 Å². The topological polar surface area (TPSA) is 122 Å². The van der Waals surface area contributed by atoms with Gasteiger partial charge in [0.05, 0.1) is 12.4 Å². The van der Waals surface area contributed by atoms with Gasteiger partial charge in [0, 0.05) is 7.05 Å². The van der Waals surface area contributed by atoms with Crippen molar-refractivity contribution in [2.24, 2.45) is 10.7 Å². The molecule has 0 aliphatic carbocycles. The van der Waals surface area contributed by atoms with Crippen molar-refractivity contribution in [1.82, 2.24) is 4.90 Å². The molecule has 182 valence electrons. The van der Waals surface area contributed by atoms with Crippen LogP contribution in [0, 0.1) is 0 Å². The Balaban J connectivity index is 1.80. The third-order valence-corrected chi connectivity index (χ3v) is 7.51. The molecule has 0 spiro atoms. The molecule has 0 saturated carbocycles. The number of guanidine groups is 1. The third-order valence-electron chi connectivity index (χ3n) is 6.33.